The molecule has 162 valence electrons. The maximum absolute atomic E-state index is 13.0. The highest BCUT2D eigenvalue weighted by Crippen LogP contribution is 2.45. The number of fused-ring (bicyclic) bond motifs is 1. The number of carbonyl (C=O) groups excluding carboxylic acids is 1. The number of ether oxygens (including phenoxy) is 3. The minimum atomic E-state index is -0.439. The Kier molecular flexibility index (Phi) is 5.85. The first-order chi connectivity index (χ1) is 15.5. The highest BCUT2D eigenvalue weighted by Gasteiger charge is 2.26. The Morgan fingerprint density at radius 1 is 0.969 bits per heavy atom. The molecule has 0 aliphatic carbocycles. The molecule has 0 saturated carbocycles. The summed E-state index contributed by atoms with van der Waals surface area (Å²) in [6.45, 7) is 2.01. The summed E-state index contributed by atoms with van der Waals surface area (Å²) in [6.07, 6.45) is 4.46. The minimum Gasteiger partial charge on any atom is -0.504 e. The average molecular weight is 430 g/mol. The highest BCUT2D eigenvalue weighted by molar-refractivity contribution is 6.15. The molecule has 0 bridgehead atoms. The van der Waals surface area contributed by atoms with Crippen LogP contribution >= 0.6 is 0 Å². The molecule has 32 heavy (non-hydrogen) atoms. The van der Waals surface area contributed by atoms with Gasteiger partial charge in [-0.25, -0.2) is 0 Å². The largest absolute Gasteiger partial charge is 0.504 e. The summed E-state index contributed by atoms with van der Waals surface area (Å²) in [4.78, 5) is 13.0. The van der Waals surface area contributed by atoms with Crippen molar-refractivity contribution in [1.29, 1.82) is 0 Å². The molecule has 0 unspecified atom stereocenters. The molecular weight excluding hydrogens is 408 g/mol. The smallest absolute Gasteiger partial charge is 0.205 e. The molecule has 4 rings (SSSR count). The molecule has 0 radical (unpaired) electrons. The number of hydrogen-bond donors (Lipinski definition) is 1. The van der Waals surface area contributed by atoms with Crippen LogP contribution in [0.1, 0.15) is 21.5 Å². The van der Waals surface area contributed by atoms with Gasteiger partial charge in [-0.15, -0.1) is 0 Å². The van der Waals surface area contributed by atoms with Crippen LogP contribution in [0.2, 0.25) is 0 Å². The fraction of sp³-hybridized carbons (Fsp3) is 0.115. The first-order valence-corrected chi connectivity index (χ1v) is 9.93. The van der Waals surface area contributed by atoms with Gasteiger partial charge in [-0.1, -0.05) is 35.9 Å². The maximum atomic E-state index is 13.0. The summed E-state index contributed by atoms with van der Waals surface area (Å²) in [6, 6.07) is 16.8. The topological polar surface area (TPSA) is 78.1 Å². The van der Waals surface area contributed by atoms with Crippen LogP contribution in [0, 0.1) is 6.92 Å². The lowest BCUT2D eigenvalue weighted by Gasteiger charge is -2.13. The number of ketones is 1. The molecule has 3 aromatic carbocycles. The molecule has 0 aliphatic heterocycles. The molecule has 6 nitrogen and oxygen atoms in total. The van der Waals surface area contributed by atoms with Crippen LogP contribution in [0.15, 0.2) is 71.4 Å². The van der Waals surface area contributed by atoms with Crippen LogP contribution < -0.4 is 14.2 Å². The van der Waals surface area contributed by atoms with Crippen molar-refractivity contribution >= 4 is 22.8 Å². The van der Waals surface area contributed by atoms with Crippen molar-refractivity contribution in [3.8, 4) is 28.7 Å². The summed E-state index contributed by atoms with van der Waals surface area (Å²) in [7, 11) is 2.83. The van der Waals surface area contributed by atoms with Crippen molar-refractivity contribution in [2.45, 2.75) is 6.92 Å². The number of rotatable bonds is 7. The molecule has 0 atom stereocenters. The second-order valence-electron chi connectivity index (χ2n) is 7.14. The van der Waals surface area contributed by atoms with E-state index < -0.39 is 5.78 Å². The molecule has 4 aromatic rings. The number of carbonyl (C=O) groups is 1. The van der Waals surface area contributed by atoms with E-state index in [1.165, 1.54) is 26.6 Å². The van der Waals surface area contributed by atoms with Gasteiger partial charge in [0.25, 0.3) is 0 Å². The van der Waals surface area contributed by atoms with Crippen molar-refractivity contribution in [1.82, 2.24) is 0 Å². The first kappa shape index (κ1) is 21.1. The lowest BCUT2D eigenvalue weighted by atomic mass is 10.0. The second-order valence-corrected chi connectivity index (χ2v) is 7.14. The van der Waals surface area contributed by atoms with E-state index in [9.17, 15) is 9.90 Å². The molecule has 0 amide bonds. The van der Waals surface area contributed by atoms with Gasteiger partial charge in [-0.3, -0.25) is 4.79 Å². The summed E-state index contributed by atoms with van der Waals surface area (Å²) in [5.74, 6) is 0.894. The van der Waals surface area contributed by atoms with Gasteiger partial charge < -0.3 is 23.7 Å². The van der Waals surface area contributed by atoms with Crippen LogP contribution in [-0.2, 0) is 0 Å². The molecule has 0 fully saturated rings. The monoisotopic (exact) mass is 430 g/mol. The van der Waals surface area contributed by atoms with Crippen LogP contribution in [0.25, 0.3) is 17.0 Å². The highest BCUT2D eigenvalue weighted by atomic mass is 16.5. The molecule has 0 saturated heterocycles. The number of aryl methyl sites for hydroxylation is 1. The summed E-state index contributed by atoms with van der Waals surface area (Å²) < 4.78 is 21.9. The van der Waals surface area contributed by atoms with Gasteiger partial charge >= 0.3 is 0 Å². The van der Waals surface area contributed by atoms with E-state index in [4.69, 9.17) is 18.6 Å². The van der Waals surface area contributed by atoms with Gasteiger partial charge in [0, 0.05) is 0 Å². The normalized spacial score (nSPS) is 11.1. The quantitative estimate of drug-likeness (QED) is 0.280. The third-order valence-corrected chi connectivity index (χ3v) is 4.99. The van der Waals surface area contributed by atoms with Gasteiger partial charge in [-0.2, -0.15) is 0 Å². The molecular formula is C26H22O6. The first-order valence-electron chi connectivity index (χ1n) is 9.93. The molecule has 0 aliphatic rings. The SMILES string of the molecule is COc1c(C(=O)/C=C/c2cccc(Oc3ccc(C)cc3)c2)c(O)c(OC)c2occc12. The standard InChI is InChI=1S/C26H22O6/c1-16-7-10-18(11-8-16)32-19-6-4-5-17(15-19)9-12-21(27)22-23(28)26(30-3)25-20(13-14-31-25)24(22)29-2/h4-15,28H,1-3H3/b12-9+. The second kappa shape index (κ2) is 8.89. The molecule has 1 heterocycles. The van der Waals surface area contributed by atoms with E-state index in [1.807, 2.05) is 55.5 Å². The zero-order chi connectivity index (χ0) is 22.7. The fourth-order valence-corrected chi connectivity index (χ4v) is 3.44. The molecule has 1 N–H and O–H groups in total. The van der Waals surface area contributed by atoms with Crippen molar-refractivity contribution in [2.75, 3.05) is 14.2 Å². The zero-order valence-electron chi connectivity index (χ0n) is 17.9. The van der Waals surface area contributed by atoms with Crippen molar-refractivity contribution in [3.63, 3.8) is 0 Å². The van der Waals surface area contributed by atoms with Gasteiger partial charge in [0.1, 0.15) is 22.8 Å². The van der Waals surface area contributed by atoms with E-state index in [1.54, 1.807) is 12.1 Å². The van der Waals surface area contributed by atoms with Gasteiger partial charge in [0.05, 0.1) is 25.9 Å². The third kappa shape index (κ3) is 4.03. The Hall–Kier alpha value is -4.19. The molecule has 1 aromatic heterocycles. The van der Waals surface area contributed by atoms with E-state index in [0.717, 1.165) is 16.9 Å². The van der Waals surface area contributed by atoms with E-state index >= 15 is 0 Å². The summed E-state index contributed by atoms with van der Waals surface area (Å²) in [5.41, 5.74) is 2.22. The lowest BCUT2D eigenvalue weighted by Crippen LogP contribution is -2.02. The average Bonchev–Trinajstić information content (AvgIpc) is 3.28. The van der Waals surface area contributed by atoms with Gasteiger partial charge in [-0.05, 0) is 48.9 Å². The Morgan fingerprint density at radius 3 is 2.44 bits per heavy atom. The lowest BCUT2D eigenvalue weighted by molar-refractivity contribution is 0.104. The number of benzene rings is 3. The number of allylic oxidation sites excluding steroid dienone is 1. The Balaban J connectivity index is 1.63. The number of methoxy groups -OCH3 is 2. The summed E-state index contributed by atoms with van der Waals surface area (Å²) in [5, 5.41) is 11.2. The molecule has 6 heteroatoms. The zero-order valence-corrected chi connectivity index (χ0v) is 17.9. The van der Waals surface area contributed by atoms with E-state index in [-0.39, 0.29) is 22.8 Å². The Bertz CT molecular complexity index is 1300. The third-order valence-electron chi connectivity index (χ3n) is 4.99. The summed E-state index contributed by atoms with van der Waals surface area (Å²) >= 11 is 0. The van der Waals surface area contributed by atoms with Crippen LogP contribution in [0.3, 0.4) is 0 Å². The Labute approximate surface area is 185 Å². The minimum absolute atomic E-state index is 0.00144. The predicted molar refractivity (Wildman–Crippen MR) is 122 cm³/mol. The number of hydrogen-bond acceptors (Lipinski definition) is 6. The number of aromatic hydroxyl groups is 1. The van der Waals surface area contributed by atoms with Crippen molar-refractivity contribution < 1.29 is 28.5 Å². The maximum Gasteiger partial charge on any atom is 0.205 e. The predicted octanol–water partition coefficient (Wildman–Crippen LogP) is 6.15. The van der Waals surface area contributed by atoms with Gasteiger partial charge in [0.2, 0.25) is 5.75 Å². The number of phenolic OH excluding ortho intramolecular Hbond substituents is 1. The van der Waals surface area contributed by atoms with E-state index in [2.05, 4.69) is 0 Å². The fourth-order valence-electron chi connectivity index (χ4n) is 3.44. The molecule has 0 spiro atoms. The van der Waals surface area contributed by atoms with Crippen LogP contribution in [0.5, 0.6) is 28.7 Å². The van der Waals surface area contributed by atoms with Crippen molar-refractivity contribution in [3.05, 3.63) is 83.6 Å². The number of furan rings is 1. The van der Waals surface area contributed by atoms with Crippen molar-refractivity contribution in [2.24, 2.45) is 0 Å². The number of phenols is 1. The van der Waals surface area contributed by atoms with Crippen LogP contribution in [-0.4, -0.2) is 25.1 Å². The van der Waals surface area contributed by atoms with Crippen LogP contribution in [0.4, 0.5) is 0 Å². The van der Waals surface area contributed by atoms with E-state index in [0.29, 0.717) is 16.7 Å². The Morgan fingerprint density at radius 2 is 1.72 bits per heavy atom. The van der Waals surface area contributed by atoms with Gasteiger partial charge in [0.15, 0.2) is 17.1 Å².